The van der Waals surface area contributed by atoms with E-state index in [-0.39, 0.29) is 5.56 Å². The zero-order valence-electron chi connectivity index (χ0n) is 14.7. The summed E-state index contributed by atoms with van der Waals surface area (Å²) in [6.07, 6.45) is 1.50. The van der Waals surface area contributed by atoms with E-state index in [0.29, 0.717) is 11.5 Å². The van der Waals surface area contributed by atoms with Gasteiger partial charge in [0.25, 0.3) is 0 Å². The van der Waals surface area contributed by atoms with E-state index in [4.69, 9.17) is 5.11 Å². The second kappa shape index (κ2) is 7.65. The number of carbonyl (C=O) groups is 1. The molecule has 26 heavy (non-hydrogen) atoms. The first kappa shape index (κ1) is 17.4. The van der Waals surface area contributed by atoms with Gasteiger partial charge in [0, 0.05) is 24.0 Å². The molecule has 6 heteroatoms. The second-order valence-corrected chi connectivity index (χ2v) is 5.86. The van der Waals surface area contributed by atoms with Gasteiger partial charge in [-0.15, -0.1) is 0 Å². The lowest BCUT2D eigenvalue weighted by Crippen LogP contribution is -2.17. The van der Waals surface area contributed by atoms with Gasteiger partial charge in [-0.2, -0.15) is 0 Å². The Labute approximate surface area is 152 Å². The predicted molar refractivity (Wildman–Crippen MR) is 103 cm³/mol. The molecular formula is C20H20N4O2. The summed E-state index contributed by atoms with van der Waals surface area (Å²) in [6, 6.07) is 16.7. The minimum Gasteiger partial charge on any atom is -0.478 e. The lowest BCUT2D eigenvalue weighted by atomic mass is 10.2. The third-order valence-electron chi connectivity index (χ3n) is 3.94. The highest BCUT2D eigenvalue weighted by atomic mass is 16.4. The van der Waals surface area contributed by atoms with E-state index in [1.165, 1.54) is 11.9 Å². The SMILES string of the molecule is CCN(c1cccc(C)c1)c1cc(Nc2cccc(C(=O)O)c2)ncn1. The Morgan fingerprint density at radius 2 is 1.92 bits per heavy atom. The molecule has 3 rings (SSSR count). The number of rotatable bonds is 6. The fourth-order valence-corrected chi connectivity index (χ4v) is 2.71. The molecule has 2 N–H and O–H groups in total. The third kappa shape index (κ3) is 3.97. The first-order valence-corrected chi connectivity index (χ1v) is 8.33. The summed E-state index contributed by atoms with van der Waals surface area (Å²) < 4.78 is 0. The van der Waals surface area contributed by atoms with E-state index in [1.54, 1.807) is 24.3 Å². The van der Waals surface area contributed by atoms with Crippen LogP contribution in [0.15, 0.2) is 60.9 Å². The maximum absolute atomic E-state index is 11.1. The Hall–Kier alpha value is -3.41. The molecule has 0 aliphatic carbocycles. The predicted octanol–water partition coefficient (Wildman–Crippen LogP) is 4.38. The van der Waals surface area contributed by atoms with Gasteiger partial charge in [0.15, 0.2) is 0 Å². The van der Waals surface area contributed by atoms with Crippen molar-refractivity contribution in [3.8, 4) is 0 Å². The van der Waals surface area contributed by atoms with Crippen LogP contribution < -0.4 is 10.2 Å². The zero-order chi connectivity index (χ0) is 18.5. The molecule has 0 atom stereocenters. The molecule has 0 aliphatic heterocycles. The summed E-state index contributed by atoms with van der Waals surface area (Å²) in [5.41, 5.74) is 3.12. The molecule has 6 nitrogen and oxygen atoms in total. The lowest BCUT2D eigenvalue weighted by Gasteiger charge is -2.22. The fraction of sp³-hybridized carbons (Fsp3) is 0.150. The van der Waals surface area contributed by atoms with Crippen LogP contribution in [0.3, 0.4) is 0 Å². The number of carboxylic acids is 1. The molecule has 0 saturated heterocycles. The van der Waals surface area contributed by atoms with Crippen LogP contribution in [-0.2, 0) is 0 Å². The summed E-state index contributed by atoms with van der Waals surface area (Å²) in [5.74, 6) is 0.405. The van der Waals surface area contributed by atoms with Crippen LogP contribution in [0.1, 0.15) is 22.8 Å². The van der Waals surface area contributed by atoms with Crippen molar-refractivity contribution in [3.05, 3.63) is 72.1 Å². The fourth-order valence-electron chi connectivity index (χ4n) is 2.71. The van der Waals surface area contributed by atoms with Gasteiger partial charge >= 0.3 is 5.97 Å². The van der Waals surface area contributed by atoms with Crippen molar-refractivity contribution >= 4 is 29.0 Å². The first-order chi connectivity index (χ1) is 12.6. The van der Waals surface area contributed by atoms with E-state index >= 15 is 0 Å². The van der Waals surface area contributed by atoms with Gasteiger partial charge in [-0.3, -0.25) is 0 Å². The maximum atomic E-state index is 11.1. The molecule has 2 aromatic carbocycles. The van der Waals surface area contributed by atoms with Crippen molar-refractivity contribution in [2.75, 3.05) is 16.8 Å². The number of anilines is 4. The molecule has 0 saturated carbocycles. The average molecular weight is 348 g/mol. The van der Waals surface area contributed by atoms with Crippen LogP contribution in [0.25, 0.3) is 0 Å². The second-order valence-electron chi connectivity index (χ2n) is 5.86. The highest BCUT2D eigenvalue weighted by Gasteiger charge is 2.11. The Morgan fingerprint density at radius 1 is 1.12 bits per heavy atom. The van der Waals surface area contributed by atoms with Crippen LogP contribution >= 0.6 is 0 Å². The van der Waals surface area contributed by atoms with Gasteiger partial charge in [0.1, 0.15) is 18.0 Å². The topological polar surface area (TPSA) is 78.4 Å². The van der Waals surface area contributed by atoms with Gasteiger partial charge in [0.05, 0.1) is 5.56 Å². The molecule has 0 fully saturated rings. The van der Waals surface area contributed by atoms with Crippen LogP contribution in [0, 0.1) is 6.92 Å². The highest BCUT2D eigenvalue weighted by Crippen LogP contribution is 2.26. The van der Waals surface area contributed by atoms with Crippen molar-refractivity contribution < 1.29 is 9.90 Å². The normalized spacial score (nSPS) is 10.4. The molecule has 0 unspecified atom stereocenters. The third-order valence-corrected chi connectivity index (χ3v) is 3.94. The number of hydrogen-bond donors (Lipinski definition) is 2. The number of hydrogen-bond acceptors (Lipinski definition) is 5. The van der Waals surface area contributed by atoms with Gasteiger partial charge < -0.3 is 15.3 Å². The molecule has 0 radical (unpaired) electrons. The summed E-state index contributed by atoms with van der Waals surface area (Å²) in [4.78, 5) is 21.8. The first-order valence-electron chi connectivity index (χ1n) is 8.33. The van der Waals surface area contributed by atoms with Crippen LogP contribution in [0.2, 0.25) is 0 Å². The molecule has 0 aliphatic rings. The number of aromatic nitrogens is 2. The Morgan fingerprint density at radius 3 is 2.65 bits per heavy atom. The largest absolute Gasteiger partial charge is 0.478 e. The summed E-state index contributed by atoms with van der Waals surface area (Å²) in [7, 11) is 0. The van der Waals surface area contributed by atoms with Crippen LogP contribution in [0.4, 0.5) is 23.0 Å². The Kier molecular flexibility index (Phi) is 5.12. The van der Waals surface area contributed by atoms with Crippen molar-refractivity contribution in [1.82, 2.24) is 9.97 Å². The summed E-state index contributed by atoms with van der Waals surface area (Å²) in [6.45, 7) is 4.88. The summed E-state index contributed by atoms with van der Waals surface area (Å²) >= 11 is 0. The minimum atomic E-state index is -0.964. The van der Waals surface area contributed by atoms with Gasteiger partial charge in [-0.1, -0.05) is 18.2 Å². The maximum Gasteiger partial charge on any atom is 0.335 e. The number of aryl methyl sites for hydroxylation is 1. The van der Waals surface area contributed by atoms with E-state index in [1.807, 2.05) is 18.2 Å². The zero-order valence-corrected chi connectivity index (χ0v) is 14.7. The number of carboxylic acid groups (broad SMARTS) is 1. The minimum absolute atomic E-state index is 0.222. The van der Waals surface area contributed by atoms with E-state index in [2.05, 4.69) is 46.2 Å². The van der Waals surface area contributed by atoms with Crippen molar-refractivity contribution in [3.63, 3.8) is 0 Å². The Balaban J connectivity index is 1.88. The van der Waals surface area contributed by atoms with Gasteiger partial charge in [-0.25, -0.2) is 14.8 Å². The molecular weight excluding hydrogens is 328 g/mol. The van der Waals surface area contributed by atoms with E-state index < -0.39 is 5.97 Å². The summed E-state index contributed by atoms with van der Waals surface area (Å²) in [5, 5.41) is 12.3. The number of benzene rings is 2. The van der Waals surface area contributed by atoms with Crippen LogP contribution in [0.5, 0.6) is 0 Å². The number of nitrogens with one attached hydrogen (secondary N) is 1. The Bertz CT molecular complexity index is 927. The van der Waals surface area contributed by atoms with Crippen molar-refractivity contribution in [2.24, 2.45) is 0 Å². The average Bonchev–Trinajstić information content (AvgIpc) is 2.63. The molecule has 1 aromatic heterocycles. The van der Waals surface area contributed by atoms with E-state index in [0.717, 1.165) is 18.1 Å². The highest BCUT2D eigenvalue weighted by molar-refractivity contribution is 5.89. The quantitative estimate of drug-likeness (QED) is 0.688. The number of aromatic carboxylic acids is 1. The van der Waals surface area contributed by atoms with Crippen molar-refractivity contribution in [1.29, 1.82) is 0 Å². The molecule has 0 amide bonds. The number of nitrogens with zero attached hydrogens (tertiary/aromatic N) is 3. The van der Waals surface area contributed by atoms with Gasteiger partial charge in [0.2, 0.25) is 0 Å². The van der Waals surface area contributed by atoms with Crippen molar-refractivity contribution in [2.45, 2.75) is 13.8 Å². The standard InChI is InChI=1S/C20H20N4O2/c1-3-24(17-9-4-6-14(2)10-17)19-12-18(21-13-22-19)23-16-8-5-7-15(11-16)20(25)26/h4-13H,3H2,1-2H3,(H,25,26)(H,21,22,23). The molecule has 0 bridgehead atoms. The monoisotopic (exact) mass is 348 g/mol. The smallest absolute Gasteiger partial charge is 0.335 e. The van der Waals surface area contributed by atoms with E-state index in [9.17, 15) is 4.79 Å². The molecule has 0 spiro atoms. The molecule has 3 aromatic rings. The molecule has 1 heterocycles. The van der Waals surface area contributed by atoms with Crippen LogP contribution in [-0.4, -0.2) is 27.6 Å². The lowest BCUT2D eigenvalue weighted by molar-refractivity contribution is 0.0697. The molecule has 132 valence electrons. The van der Waals surface area contributed by atoms with Gasteiger partial charge in [-0.05, 0) is 49.7 Å².